The van der Waals surface area contributed by atoms with Crippen molar-refractivity contribution in [3.8, 4) is 11.5 Å². The van der Waals surface area contributed by atoms with Crippen molar-refractivity contribution in [3.05, 3.63) is 58.4 Å². The second-order valence-electron chi connectivity index (χ2n) is 4.88. The van der Waals surface area contributed by atoms with Gasteiger partial charge in [0.05, 0.1) is 5.02 Å². The molecule has 0 aliphatic rings. The quantitative estimate of drug-likeness (QED) is 0.804. The lowest BCUT2D eigenvalue weighted by atomic mass is 10.1. The fraction of sp³-hybridized carbons (Fsp3) is 0.294. The molecule has 21 heavy (non-hydrogen) atoms. The monoisotopic (exact) mass is 308 g/mol. The first-order valence-corrected chi connectivity index (χ1v) is 7.37. The molecule has 1 N–H and O–H groups in total. The summed E-state index contributed by atoms with van der Waals surface area (Å²) < 4.78 is 19.1. The fourth-order valence-electron chi connectivity index (χ4n) is 2.04. The molecule has 0 bridgehead atoms. The number of phenols is 1. The highest BCUT2D eigenvalue weighted by atomic mass is 35.5. The van der Waals surface area contributed by atoms with E-state index in [4.69, 9.17) is 16.3 Å². The first kappa shape index (κ1) is 15.6. The van der Waals surface area contributed by atoms with Gasteiger partial charge in [0.15, 0.2) is 0 Å². The third-order valence-electron chi connectivity index (χ3n) is 3.30. The Morgan fingerprint density at radius 2 is 2.05 bits per heavy atom. The number of halogens is 2. The average Bonchev–Trinajstić information content (AvgIpc) is 2.46. The minimum atomic E-state index is -0.397. The van der Waals surface area contributed by atoms with Crippen molar-refractivity contribution >= 4 is 11.6 Å². The van der Waals surface area contributed by atoms with E-state index in [2.05, 4.69) is 6.92 Å². The number of phenolic OH excluding ortho intramolecular Hbond substituents is 1. The van der Waals surface area contributed by atoms with Crippen molar-refractivity contribution in [1.82, 2.24) is 0 Å². The Labute approximate surface area is 129 Å². The van der Waals surface area contributed by atoms with Gasteiger partial charge in [-0.1, -0.05) is 37.1 Å². The summed E-state index contributed by atoms with van der Waals surface area (Å²) in [5.41, 5.74) is 1.21. The van der Waals surface area contributed by atoms with Gasteiger partial charge in [0.1, 0.15) is 23.9 Å². The molecule has 0 aliphatic heterocycles. The SMILES string of the molecule is CCCCc1ccc(OCc2c(F)cccc2Cl)cc1O. The zero-order valence-electron chi connectivity index (χ0n) is 11.9. The third kappa shape index (κ3) is 4.11. The maximum Gasteiger partial charge on any atom is 0.131 e. The first-order valence-electron chi connectivity index (χ1n) is 6.99. The number of rotatable bonds is 6. The molecular formula is C17H18ClFO2. The Kier molecular flexibility index (Phi) is 5.45. The summed E-state index contributed by atoms with van der Waals surface area (Å²) in [6.45, 7) is 2.13. The molecule has 2 aromatic carbocycles. The zero-order valence-corrected chi connectivity index (χ0v) is 12.7. The van der Waals surface area contributed by atoms with Gasteiger partial charge in [-0.25, -0.2) is 4.39 Å². The van der Waals surface area contributed by atoms with Crippen molar-refractivity contribution in [2.75, 3.05) is 0 Å². The number of aryl methyl sites for hydroxylation is 1. The minimum absolute atomic E-state index is 0.0270. The van der Waals surface area contributed by atoms with Crippen molar-refractivity contribution in [2.45, 2.75) is 32.8 Å². The molecule has 0 fully saturated rings. The topological polar surface area (TPSA) is 29.5 Å². The average molecular weight is 309 g/mol. The van der Waals surface area contributed by atoms with Gasteiger partial charge in [-0.05, 0) is 36.6 Å². The van der Waals surface area contributed by atoms with Crippen LogP contribution in [0.3, 0.4) is 0 Å². The summed E-state index contributed by atoms with van der Waals surface area (Å²) in [6, 6.07) is 9.68. The normalized spacial score (nSPS) is 10.6. The smallest absolute Gasteiger partial charge is 0.131 e. The lowest BCUT2D eigenvalue weighted by Gasteiger charge is -2.10. The summed E-state index contributed by atoms with van der Waals surface area (Å²) in [7, 11) is 0. The lowest BCUT2D eigenvalue weighted by molar-refractivity contribution is 0.298. The second-order valence-corrected chi connectivity index (χ2v) is 5.29. The lowest BCUT2D eigenvalue weighted by Crippen LogP contribution is -1.99. The van der Waals surface area contributed by atoms with Crippen LogP contribution in [0.25, 0.3) is 0 Å². The number of hydrogen-bond acceptors (Lipinski definition) is 2. The predicted octanol–water partition coefficient (Wildman–Crippen LogP) is 5.11. The predicted molar refractivity (Wildman–Crippen MR) is 82.5 cm³/mol. The van der Waals surface area contributed by atoms with E-state index in [0.29, 0.717) is 16.3 Å². The molecule has 2 nitrogen and oxygen atoms in total. The van der Waals surface area contributed by atoms with Gasteiger partial charge in [-0.3, -0.25) is 0 Å². The molecule has 0 saturated heterocycles. The number of benzene rings is 2. The van der Waals surface area contributed by atoms with Crippen LogP contribution in [0, 0.1) is 5.82 Å². The molecule has 0 aromatic heterocycles. The summed E-state index contributed by atoms with van der Waals surface area (Å²) in [5, 5.41) is 10.3. The van der Waals surface area contributed by atoms with Gasteiger partial charge >= 0.3 is 0 Å². The van der Waals surface area contributed by atoms with Crippen molar-refractivity contribution in [1.29, 1.82) is 0 Å². The van der Waals surface area contributed by atoms with E-state index in [0.717, 1.165) is 24.8 Å². The molecule has 0 unspecified atom stereocenters. The largest absolute Gasteiger partial charge is 0.508 e. The van der Waals surface area contributed by atoms with Crippen LogP contribution in [-0.4, -0.2) is 5.11 Å². The molecule has 2 aromatic rings. The van der Waals surface area contributed by atoms with Gasteiger partial charge in [0.25, 0.3) is 0 Å². The standard InChI is InChI=1S/C17H18ClFO2/c1-2-3-5-12-8-9-13(10-17(12)20)21-11-14-15(18)6-4-7-16(14)19/h4,6-10,20H,2-3,5,11H2,1H3. The highest BCUT2D eigenvalue weighted by molar-refractivity contribution is 6.31. The van der Waals surface area contributed by atoms with Gasteiger partial charge in [-0.2, -0.15) is 0 Å². The second kappa shape index (κ2) is 7.32. The molecule has 0 amide bonds. The molecule has 2 rings (SSSR count). The molecule has 4 heteroatoms. The van der Waals surface area contributed by atoms with E-state index in [1.165, 1.54) is 6.07 Å². The van der Waals surface area contributed by atoms with Crippen LogP contribution >= 0.6 is 11.6 Å². The number of hydrogen-bond donors (Lipinski definition) is 1. The van der Waals surface area contributed by atoms with Crippen molar-refractivity contribution in [2.24, 2.45) is 0 Å². The summed E-state index contributed by atoms with van der Waals surface area (Å²) in [4.78, 5) is 0. The van der Waals surface area contributed by atoms with Gasteiger partial charge in [0, 0.05) is 11.6 Å². The van der Waals surface area contributed by atoms with Crippen LogP contribution in [0.5, 0.6) is 11.5 Å². The molecule has 0 atom stereocenters. The Morgan fingerprint density at radius 1 is 1.24 bits per heavy atom. The Balaban J connectivity index is 2.05. The van der Waals surface area contributed by atoms with E-state index in [1.54, 1.807) is 24.3 Å². The number of ether oxygens (including phenoxy) is 1. The van der Waals surface area contributed by atoms with Crippen LogP contribution < -0.4 is 4.74 Å². The molecule has 112 valence electrons. The maximum atomic E-state index is 13.6. The van der Waals surface area contributed by atoms with Crippen LogP contribution in [0.2, 0.25) is 5.02 Å². The van der Waals surface area contributed by atoms with Crippen LogP contribution in [0.15, 0.2) is 36.4 Å². The molecule has 0 radical (unpaired) electrons. The first-order chi connectivity index (χ1) is 10.1. The number of aromatic hydroxyl groups is 1. The maximum absolute atomic E-state index is 13.6. The molecule has 0 saturated carbocycles. The Morgan fingerprint density at radius 3 is 2.71 bits per heavy atom. The summed E-state index contributed by atoms with van der Waals surface area (Å²) in [6.07, 6.45) is 2.93. The van der Waals surface area contributed by atoms with Crippen LogP contribution in [-0.2, 0) is 13.0 Å². The summed E-state index contributed by atoms with van der Waals surface area (Å²) >= 11 is 5.94. The Hall–Kier alpha value is -1.74. The Bertz CT molecular complexity index is 593. The van der Waals surface area contributed by atoms with Crippen molar-refractivity contribution in [3.63, 3.8) is 0 Å². The zero-order chi connectivity index (χ0) is 15.2. The van der Waals surface area contributed by atoms with Crippen LogP contribution in [0.4, 0.5) is 4.39 Å². The molecular weight excluding hydrogens is 291 g/mol. The minimum Gasteiger partial charge on any atom is -0.508 e. The highest BCUT2D eigenvalue weighted by Gasteiger charge is 2.09. The van der Waals surface area contributed by atoms with Gasteiger partial charge in [0.2, 0.25) is 0 Å². The molecule has 0 spiro atoms. The molecule has 0 heterocycles. The molecule has 0 aliphatic carbocycles. The van der Waals surface area contributed by atoms with Crippen molar-refractivity contribution < 1.29 is 14.2 Å². The van der Waals surface area contributed by atoms with E-state index in [9.17, 15) is 9.50 Å². The summed E-state index contributed by atoms with van der Waals surface area (Å²) in [5.74, 6) is 0.305. The third-order valence-corrected chi connectivity index (χ3v) is 3.66. The van der Waals surface area contributed by atoms with E-state index in [1.807, 2.05) is 6.07 Å². The van der Waals surface area contributed by atoms with Gasteiger partial charge in [-0.15, -0.1) is 0 Å². The fourth-order valence-corrected chi connectivity index (χ4v) is 2.26. The van der Waals surface area contributed by atoms with Crippen LogP contribution in [0.1, 0.15) is 30.9 Å². The van der Waals surface area contributed by atoms with E-state index < -0.39 is 5.82 Å². The highest BCUT2D eigenvalue weighted by Crippen LogP contribution is 2.27. The van der Waals surface area contributed by atoms with E-state index in [-0.39, 0.29) is 12.4 Å². The van der Waals surface area contributed by atoms with Gasteiger partial charge < -0.3 is 9.84 Å². The van der Waals surface area contributed by atoms with E-state index >= 15 is 0 Å². The number of unbranched alkanes of at least 4 members (excludes halogenated alkanes) is 1.